The van der Waals surface area contributed by atoms with Crippen LogP contribution in [0.4, 0.5) is 5.82 Å². The molecule has 5 rings (SSSR count). The number of aromatic nitrogens is 2. The predicted octanol–water partition coefficient (Wildman–Crippen LogP) is 1.10. The molecule has 0 aliphatic carbocycles. The van der Waals surface area contributed by atoms with Crippen LogP contribution in [0.15, 0.2) is 36.7 Å². The summed E-state index contributed by atoms with van der Waals surface area (Å²) in [4.78, 5) is 25.5. The molecule has 2 aromatic rings. The molecule has 1 amide bonds. The van der Waals surface area contributed by atoms with Crippen molar-refractivity contribution in [3.63, 3.8) is 0 Å². The number of fused-ring (bicyclic) bond motifs is 1. The summed E-state index contributed by atoms with van der Waals surface area (Å²) in [7, 11) is -2.94. The second-order valence-corrected chi connectivity index (χ2v) is 11.8. The third kappa shape index (κ3) is 5.08. The van der Waals surface area contributed by atoms with Crippen molar-refractivity contribution in [2.24, 2.45) is 0 Å². The summed E-state index contributed by atoms with van der Waals surface area (Å²) in [5.74, 6) is 0.622. The van der Waals surface area contributed by atoms with Crippen LogP contribution in [-0.4, -0.2) is 88.5 Å². The van der Waals surface area contributed by atoms with E-state index < -0.39 is 15.9 Å². The zero-order valence-electron chi connectivity index (χ0n) is 19.1. The lowest BCUT2D eigenvalue weighted by Gasteiger charge is -2.43. The molecule has 2 atom stereocenters. The second-order valence-electron chi connectivity index (χ2n) is 9.52. The van der Waals surface area contributed by atoms with Gasteiger partial charge in [0.1, 0.15) is 27.7 Å². The van der Waals surface area contributed by atoms with E-state index in [4.69, 9.17) is 0 Å². The molecule has 0 radical (unpaired) electrons. The highest BCUT2D eigenvalue weighted by Crippen LogP contribution is 2.26. The summed E-state index contributed by atoms with van der Waals surface area (Å²) in [6, 6.07) is 10.1. The molecule has 9 nitrogen and oxygen atoms in total. The van der Waals surface area contributed by atoms with Gasteiger partial charge in [0.15, 0.2) is 0 Å². The van der Waals surface area contributed by atoms with Crippen LogP contribution in [0.5, 0.6) is 0 Å². The number of carbonyl (C=O) groups excluding carboxylic acids is 1. The lowest BCUT2D eigenvalue weighted by atomic mass is 9.94. The zero-order valence-corrected chi connectivity index (χ0v) is 20.0. The molecule has 3 aliphatic heterocycles. The number of benzene rings is 1. The first kappa shape index (κ1) is 23.2. The van der Waals surface area contributed by atoms with E-state index >= 15 is 0 Å². The lowest BCUT2D eigenvalue weighted by Crippen LogP contribution is -2.56. The molecule has 0 bridgehead atoms. The molecule has 1 aromatic heterocycles. The number of anilines is 1. The molecular weight excluding hydrogens is 454 g/mol. The first-order valence-corrected chi connectivity index (χ1v) is 13.8. The molecule has 2 N–H and O–H groups in total. The van der Waals surface area contributed by atoms with Crippen molar-refractivity contribution in [1.29, 1.82) is 0 Å². The summed E-state index contributed by atoms with van der Waals surface area (Å²) in [5, 5.41) is 14.2. The number of hydrogen-bond donors (Lipinski definition) is 2. The molecule has 3 aliphatic rings. The van der Waals surface area contributed by atoms with E-state index in [0.717, 1.165) is 19.5 Å². The van der Waals surface area contributed by atoms with Crippen LogP contribution in [0, 0.1) is 0 Å². The maximum absolute atomic E-state index is 13.1. The largest absolute Gasteiger partial charge is 0.390 e. The Balaban J connectivity index is 1.19. The molecule has 0 spiro atoms. The number of nitrogens with one attached hydrogen (secondary N) is 1. The molecule has 1 aromatic carbocycles. The molecule has 1 unspecified atom stereocenters. The van der Waals surface area contributed by atoms with Gasteiger partial charge in [0.05, 0.1) is 17.6 Å². The number of β-amino-alcohol motifs (C(OH)–C–C–N with tert-alkyl or cyclic N) is 1. The average molecular weight is 486 g/mol. The monoisotopic (exact) mass is 485 g/mol. The molecule has 2 fully saturated rings. The van der Waals surface area contributed by atoms with Gasteiger partial charge in [-0.05, 0) is 36.8 Å². The van der Waals surface area contributed by atoms with Crippen LogP contribution in [0.2, 0.25) is 0 Å². The van der Waals surface area contributed by atoms with Crippen molar-refractivity contribution in [2.75, 3.05) is 36.5 Å². The Morgan fingerprint density at radius 2 is 1.82 bits per heavy atom. The van der Waals surface area contributed by atoms with E-state index in [2.05, 4.69) is 44.5 Å². The van der Waals surface area contributed by atoms with E-state index in [-0.39, 0.29) is 41.7 Å². The highest BCUT2D eigenvalue weighted by Gasteiger charge is 2.35. The number of hydrogen-bond acceptors (Lipinski definition) is 8. The van der Waals surface area contributed by atoms with Gasteiger partial charge in [-0.3, -0.25) is 9.69 Å². The quantitative estimate of drug-likeness (QED) is 0.662. The summed E-state index contributed by atoms with van der Waals surface area (Å²) in [6.07, 6.45) is 3.47. The van der Waals surface area contributed by atoms with Gasteiger partial charge in [-0.25, -0.2) is 18.4 Å². The minimum Gasteiger partial charge on any atom is -0.390 e. The van der Waals surface area contributed by atoms with Crippen LogP contribution in [0.1, 0.15) is 40.9 Å². The number of sulfone groups is 1. The Bertz CT molecular complexity index is 1140. The number of aliphatic hydroxyl groups is 1. The minimum absolute atomic E-state index is 0.00798. The van der Waals surface area contributed by atoms with Crippen molar-refractivity contribution >= 4 is 21.6 Å². The average Bonchev–Trinajstić information content (AvgIpc) is 2.85. The predicted molar refractivity (Wildman–Crippen MR) is 128 cm³/mol. The Kier molecular flexibility index (Phi) is 6.54. The highest BCUT2D eigenvalue weighted by atomic mass is 32.2. The summed E-state index contributed by atoms with van der Waals surface area (Å²) >= 11 is 0. The number of carbonyl (C=O) groups is 1. The van der Waals surface area contributed by atoms with Crippen molar-refractivity contribution < 1.29 is 18.3 Å². The topological polar surface area (TPSA) is 116 Å². The molecule has 4 heterocycles. The number of rotatable bonds is 4. The van der Waals surface area contributed by atoms with Crippen molar-refractivity contribution in [2.45, 2.75) is 50.4 Å². The van der Waals surface area contributed by atoms with Crippen LogP contribution in [-0.2, 0) is 22.8 Å². The first-order valence-electron chi connectivity index (χ1n) is 12.0. The van der Waals surface area contributed by atoms with Crippen LogP contribution in [0.3, 0.4) is 0 Å². The lowest BCUT2D eigenvalue weighted by molar-refractivity contribution is -0.0139. The molecular formula is C24H31N5O4S. The molecule has 0 saturated carbocycles. The van der Waals surface area contributed by atoms with Gasteiger partial charge in [-0.1, -0.05) is 24.3 Å². The van der Waals surface area contributed by atoms with Gasteiger partial charge in [-0.15, -0.1) is 0 Å². The van der Waals surface area contributed by atoms with Crippen molar-refractivity contribution in [1.82, 2.24) is 19.8 Å². The van der Waals surface area contributed by atoms with Gasteiger partial charge < -0.3 is 15.3 Å². The summed E-state index contributed by atoms with van der Waals surface area (Å²) < 4.78 is 23.3. The van der Waals surface area contributed by atoms with E-state index in [1.807, 2.05) is 0 Å². The number of amides is 1. The number of likely N-dealkylation sites (tertiary alicyclic amines) is 1. The third-order valence-corrected chi connectivity index (χ3v) is 8.97. The van der Waals surface area contributed by atoms with E-state index in [1.165, 1.54) is 17.5 Å². The van der Waals surface area contributed by atoms with Gasteiger partial charge in [0.25, 0.3) is 5.91 Å². The SMILES string of the molecule is O=C(c1cc(NC2CCS(=O)(=O)CC2)ncn1)N1CC[C@H](N2CCc3ccccc3C2)C(O)C1. The third-order valence-electron chi connectivity index (χ3n) is 7.26. The normalized spacial score (nSPS) is 25.5. The summed E-state index contributed by atoms with van der Waals surface area (Å²) in [5.41, 5.74) is 2.97. The fraction of sp³-hybridized carbons (Fsp3) is 0.542. The van der Waals surface area contributed by atoms with Gasteiger partial charge in [0.2, 0.25) is 0 Å². The minimum atomic E-state index is -2.94. The highest BCUT2D eigenvalue weighted by molar-refractivity contribution is 7.91. The van der Waals surface area contributed by atoms with Gasteiger partial charge in [-0.2, -0.15) is 0 Å². The number of nitrogens with zero attached hydrogens (tertiary/aromatic N) is 4. The Morgan fingerprint density at radius 1 is 1.06 bits per heavy atom. The maximum atomic E-state index is 13.1. The van der Waals surface area contributed by atoms with Crippen LogP contribution in [0.25, 0.3) is 0 Å². The van der Waals surface area contributed by atoms with E-state index in [1.54, 1.807) is 11.0 Å². The van der Waals surface area contributed by atoms with Crippen LogP contribution < -0.4 is 5.32 Å². The fourth-order valence-corrected chi connectivity index (χ4v) is 6.78. The van der Waals surface area contributed by atoms with Crippen molar-refractivity contribution in [3.05, 3.63) is 53.5 Å². The second kappa shape index (κ2) is 9.59. The fourth-order valence-electron chi connectivity index (χ4n) is 5.29. The maximum Gasteiger partial charge on any atom is 0.272 e. The van der Waals surface area contributed by atoms with Gasteiger partial charge >= 0.3 is 0 Å². The summed E-state index contributed by atoms with van der Waals surface area (Å²) in [6.45, 7) is 2.58. The standard InChI is InChI=1S/C24H31N5O4S/c30-22-15-29(10-6-21(22)28-9-5-17-3-1-2-4-18(17)14-28)24(31)20-13-23(26-16-25-20)27-19-7-11-34(32,33)12-8-19/h1-4,13,16,19,21-22,30H,5-12,14-15H2,(H,25,26,27)/t21-,22?/m0/s1. The Morgan fingerprint density at radius 3 is 2.59 bits per heavy atom. The van der Waals surface area contributed by atoms with Crippen molar-refractivity contribution in [3.8, 4) is 0 Å². The Hall–Kier alpha value is -2.56. The number of aliphatic hydroxyl groups excluding tert-OH is 1. The molecule has 34 heavy (non-hydrogen) atoms. The van der Waals surface area contributed by atoms with Crippen LogP contribution >= 0.6 is 0 Å². The smallest absolute Gasteiger partial charge is 0.272 e. The first-order chi connectivity index (χ1) is 16.4. The van der Waals surface area contributed by atoms with E-state index in [0.29, 0.717) is 31.6 Å². The molecule has 182 valence electrons. The molecule has 10 heteroatoms. The molecule has 2 saturated heterocycles. The number of piperidine rings is 1. The van der Waals surface area contributed by atoms with Gasteiger partial charge in [0, 0.05) is 44.3 Å². The zero-order chi connectivity index (χ0) is 23.7. The van der Waals surface area contributed by atoms with E-state index in [9.17, 15) is 18.3 Å². The Labute approximate surface area is 200 Å².